The molecule has 0 atom stereocenters. The van der Waals surface area contributed by atoms with Gasteiger partial charge < -0.3 is 19.3 Å². The molecule has 0 aliphatic carbocycles. The van der Waals surface area contributed by atoms with Crippen LogP contribution >= 0.6 is 0 Å². The number of hydrogen-bond donors (Lipinski definition) is 0. The van der Waals surface area contributed by atoms with Crippen LogP contribution in [0.5, 0.6) is 11.5 Å². The molecule has 130 valence electrons. The molecule has 2 aliphatic rings. The second kappa shape index (κ2) is 6.67. The number of nitrogens with zero attached hydrogens (tertiary/aromatic N) is 2. The van der Waals surface area contributed by atoms with Crippen LogP contribution < -0.4 is 14.4 Å². The lowest BCUT2D eigenvalue weighted by Gasteiger charge is -2.36. The van der Waals surface area contributed by atoms with Crippen molar-refractivity contribution in [3.8, 4) is 11.5 Å². The predicted octanol–water partition coefficient (Wildman–Crippen LogP) is 2.73. The lowest BCUT2D eigenvalue weighted by atomic mass is 10.1. The number of rotatable bonds is 2. The number of benzene rings is 2. The van der Waals surface area contributed by atoms with Crippen LogP contribution in [0.2, 0.25) is 0 Å². The summed E-state index contributed by atoms with van der Waals surface area (Å²) in [7, 11) is 0. The van der Waals surface area contributed by atoms with Crippen molar-refractivity contribution < 1.29 is 14.3 Å². The molecule has 0 radical (unpaired) electrons. The van der Waals surface area contributed by atoms with Gasteiger partial charge in [0.2, 0.25) is 0 Å². The highest BCUT2D eigenvalue weighted by molar-refractivity contribution is 5.94. The standard InChI is InChI=1S/C20H22N2O3/c1-15-3-2-4-16(13-15)20(23)22-9-7-21(8-10-22)17-5-6-18-19(14-17)25-12-11-24-18/h2-6,13-14H,7-12H2,1H3. The fourth-order valence-electron chi connectivity index (χ4n) is 3.36. The van der Waals surface area contributed by atoms with Crippen molar-refractivity contribution in [2.45, 2.75) is 6.92 Å². The van der Waals surface area contributed by atoms with Crippen LogP contribution in [0.15, 0.2) is 42.5 Å². The summed E-state index contributed by atoms with van der Waals surface area (Å²) >= 11 is 0. The Kier molecular flexibility index (Phi) is 4.22. The number of hydrogen-bond acceptors (Lipinski definition) is 4. The van der Waals surface area contributed by atoms with Crippen LogP contribution in [0.1, 0.15) is 15.9 Å². The molecular formula is C20H22N2O3. The Balaban J connectivity index is 1.42. The molecule has 1 amide bonds. The van der Waals surface area contributed by atoms with E-state index in [-0.39, 0.29) is 5.91 Å². The van der Waals surface area contributed by atoms with E-state index in [1.54, 1.807) is 0 Å². The van der Waals surface area contributed by atoms with Gasteiger partial charge >= 0.3 is 0 Å². The highest BCUT2D eigenvalue weighted by atomic mass is 16.6. The van der Waals surface area contributed by atoms with E-state index >= 15 is 0 Å². The largest absolute Gasteiger partial charge is 0.486 e. The molecular weight excluding hydrogens is 316 g/mol. The molecule has 5 nitrogen and oxygen atoms in total. The summed E-state index contributed by atoms with van der Waals surface area (Å²) in [6.45, 7) is 6.29. The summed E-state index contributed by atoms with van der Waals surface area (Å²) in [6, 6.07) is 13.9. The zero-order valence-corrected chi connectivity index (χ0v) is 14.4. The molecule has 2 aromatic rings. The van der Waals surface area contributed by atoms with Gasteiger partial charge in [-0.1, -0.05) is 17.7 Å². The van der Waals surface area contributed by atoms with Crippen molar-refractivity contribution in [1.82, 2.24) is 4.90 Å². The minimum absolute atomic E-state index is 0.116. The smallest absolute Gasteiger partial charge is 0.253 e. The van der Waals surface area contributed by atoms with E-state index in [2.05, 4.69) is 11.0 Å². The third-order valence-electron chi connectivity index (χ3n) is 4.72. The zero-order valence-electron chi connectivity index (χ0n) is 14.4. The van der Waals surface area contributed by atoms with E-state index in [1.165, 1.54) is 0 Å². The van der Waals surface area contributed by atoms with Crippen LogP contribution in [-0.4, -0.2) is 50.2 Å². The lowest BCUT2D eigenvalue weighted by molar-refractivity contribution is 0.0746. The van der Waals surface area contributed by atoms with Crippen LogP contribution in [0, 0.1) is 6.92 Å². The third kappa shape index (κ3) is 3.27. The molecule has 0 unspecified atom stereocenters. The number of anilines is 1. The molecule has 2 aromatic carbocycles. The Morgan fingerprint density at radius 3 is 2.44 bits per heavy atom. The van der Waals surface area contributed by atoms with E-state index in [1.807, 2.05) is 48.2 Å². The molecule has 4 rings (SSSR count). The number of carbonyl (C=O) groups is 1. The molecule has 25 heavy (non-hydrogen) atoms. The number of aryl methyl sites for hydroxylation is 1. The van der Waals surface area contributed by atoms with Crippen molar-refractivity contribution >= 4 is 11.6 Å². The van der Waals surface area contributed by atoms with E-state index in [0.29, 0.717) is 13.2 Å². The topological polar surface area (TPSA) is 42.0 Å². The quantitative estimate of drug-likeness (QED) is 0.844. The summed E-state index contributed by atoms with van der Waals surface area (Å²) in [5.74, 6) is 1.73. The van der Waals surface area contributed by atoms with Crippen molar-refractivity contribution in [2.24, 2.45) is 0 Å². The fourth-order valence-corrected chi connectivity index (χ4v) is 3.36. The van der Waals surface area contributed by atoms with Gasteiger partial charge in [-0.25, -0.2) is 0 Å². The molecule has 0 N–H and O–H groups in total. The third-order valence-corrected chi connectivity index (χ3v) is 4.72. The first-order valence-corrected chi connectivity index (χ1v) is 8.71. The van der Waals surface area contributed by atoms with Gasteiger partial charge in [-0.15, -0.1) is 0 Å². The summed E-state index contributed by atoms with van der Waals surface area (Å²) in [4.78, 5) is 16.9. The summed E-state index contributed by atoms with van der Waals surface area (Å²) < 4.78 is 11.2. The van der Waals surface area contributed by atoms with E-state index in [4.69, 9.17) is 9.47 Å². The number of amides is 1. The van der Waals surface area contributed by atoms with E-state index < -0.39 is 0 Å². The van der Waals surface area contributed by atoms with Gasteiger partial charge in [0.25, 0.3) is 5.91 Å². The maximum Gasteiger partial charge on any atom is 0.253 e. The van der Waals surface area contributed by atoms with Gasteiger partial charge in [0.15, 0.2) is 11.5 Å². The molecule has 0 saturated carbocycles. The predicted molar refractivity (Wildman–Crippen MR) is 96.7 cm³/mol. The van der Waals surface area contributed by atoms with Crippen molar-refractivity contribution in [3.05, 3.63) is 53.6 Å². The molecule has 2 aliphatic heterocycles. The number of carbonyl (C=O) groups excluding carboxylic acids is 1. The maximum absolute atomic E-state index is 12.7. The Morgan fingerprint density at radius 1 is 0.920 bits per heavy atom. The van der Waals surface area contributed by atoms with E-state index in [0.717, 1.165) is 54.5 Å². The van der Waals surface area contributed by atoms with Gasteiger partial charge in [-0.05, 0) is 31.2 Å². The van der Waals surface area contributed by atoms with Gasteiger partial charge in [-0.3, -0.25) is 4.79 Å². The number of fused-ring (bicyclic) bond motifs is 1. The average Bonchev–Trinajstić information content (AvgIpc) is 2.67. The molecule has 0 bridgehead atoms. The van der Waals surface area contributed by atoms with Crippen molar-refractivity contribution in [3.63, 3.8) is 0 Å². The summed E-state index contributed by atoms with van der Waals surface area (Å²) in [5.41, 5.74) is 3.00. The molecule has 2 heterocycles. The molecule has 5 heteroatoms. The van der Waals surface area contributed by atoms with Crippen molar-refractivity contribution in [2.75, 3.05) is 44.3 Å². The van der Waals surface area contributed by atoms with E-state index in [9.17, 15) is 4.79 Å². The maximum atomic E-state index is 12.7. The molecule has 0 aromatic heterocycles. The fraction of sp³-hybridized carbons (Fsp3) is 0.350. The Bertz CT molecular complexity index is 782. The lowest BCUT2D eigenvalue weighted by Crippen LogP contribution is -2.48. The van der Waals surface area contributed by atoms with Crippen LogP contribution in [0.3, 0.4) is 0 Å². The van der Waals surface area contributed by atoms with Gasteiger partial charge in [0.05, 0.1) is 0 Å². The van der Waals surface area contributed by atoms with Gasteiger partial charge in [0, 0.05) is 43.5 Å². The molecule has 1 fully saturated rings. The summed E-state index contributed by atoms with van der Waals surface area (Å²) in [5, 5.41) is 0. The first kappa shape index (κ1) is 15.8. The molecule has 0 spiro atoms. The molecule has 1 saturated heterocycles. The second-order valence-corrected chi connectivity index (χ2v) is 6.48. The van der Waals surface area contributed by atoms with Crippen LogP contribution in [0.25, 0.3) is 0 Å². The monoisotopic (exact) mass is 338 g/mol. The van der Waals surface area contributed by atoms with Gasteiger partial charge in [0.1, 0.15) is 13.2 Å². The minimum Gasteiger partial charge on any atom is -0.486 e. The van der Waals surface area contributed by atoms with Crippen LogP contribution in [-0.2, 0) is 0 Å². The first-order chi connectivity index (χ1) is 12.2. The highest BCUT2D eigenvalue weighted by Crippen LogP contribution is 2.34. The summed E-state index contributed by atoms with van der Waals surface area (Å²) in [6.07, 6.45) is 0. The number of piperazine rings is 1. The Labute approximate surface area is 147 Å². The number of ether oxygens (including phenoxy) is 2. The van der Waals surface area contributed by atoms with Crippen LogP contribution in [0.4, 0.5) is 5.69 Å². The second-order valence-electron chi connectivity index (χ2n) is 6.48. The first-order valence-electron chi connectivity index (χ1n) is 8.71. The minimum atomic E-state index is 0.116. The normalized spacial score (nSPS) is 16.7. The van der Waals surface area contributed by atoms with Gasteiger partial charge in [-0.2, -0.15) is 0 Å². The SMILES string of the molecule is Cc1cccc(C(=O)N2CCN(c3ccc4c(c3)OCCO4)CC2)c1. The highest BCUT2D eigenvalue weighted by Gasteiger charge is 2.23. The van der Waals surface area contributed by atoms with Crippen molar-refractivity contribution in [1.29, 1.82) is 0 Å². The zero-order chi connectivity index (χ0) is 17.2. The average molecular weight is 338 g/mol. The Morgan fingerprint density at radius 2 is 1.68 bits per heavy atom. The Hall–Kier alpha value is -2.69.